The molecule has 1 rings (SSSR count). The van der Waals surface area contributed by atoms with Crippen molar-refractivity contribution in [3.63, 3.8) is 0 Å². The Morgan fingerprint density at radius 3 is 1.95 bits per heavy atom. The first-order chi connectivity index (χ1) is 10.4. The fourth-order valence-electron chi connectivity index (χ4n) is 2.63. The summed E-state index contributed by atoms with van der Waals surface area (Å²) in [6.07, 6.45) is 0. The van der Waals surface area contributed by atoms with Gasteiger partial charge >= 0.3 is 0 Å². The molecule has 1 aliphatic rings. The molecule has 5 nitrogen and oxygen atoms in total. The third-order valence-corrected chi connectivity index (χ3v) is 4.21. The van der Waals surface area contributed by atoms with Crippen molar-refractivity contribution in [1.29, 1.82) is 0 Å². The van der Waals surface area contributed by atoms with Gasteiger partial charge in [-0.05, 0) is 34.6 Å². The van der Waals surface area contributed by atoms with E-state index in [2.05, 4.69) is 49.7 Å². The van der Waals surface area contributed by atoms with Crippen LogP contribution in [0, 0.1) is 0 Å². The van der Waals surface area contributed by atoms with Crippen LogP contribution in [0.1, 0.15) is 34.6 Å². The number of rotatable bonds is 1. The van der Waals surface area contributed by atoms with Crippen LogP contribution in [0.3, 0.4) is 0 Å². The van der Waals surface area contributed by atoms with Gasteiger partial charge in [0, 0.05) is 50.8 Å². The molecule has 22 heavy (non-hydrogen) atoms. The molecule has 1 saturated heterocycles. The Labute approximate surface area is 137 Å². The van der Waals surface area contributed by atoms with Crippen LogP contribution in [0.4, 0.5) is 0 Å². The van der Waals surface area contributed by atoms with Crippen molar-refractivity contribution in [3.8, 4) is 0 Å². The van der Waals surface area contributed by atoms with Gasteiger partial charge in [0.25, 0.3) is 0 Å². The fourth-order valence-corrected chi connectivity index (χ4v) is 2.63. The summed E-state index contributed by atoms with van der Waals surface area (Å²) in [6.45, 7) is 20.5. The number of ether oxygens (including phenoxy) is 2. The van der Waals surface area contributed by atoms with Gasteiger partial charge in [-0.1, -0.05) is 0 Å². The van der Waals surface area contributed by atoms with E-state index in [1.54, 1.807) is 0 Å². The van der Waals surface area contributed by atoms with Gasteiger partial charge in [0.05, 0.1) is 26.4 Å². The third-order valence-electron chi connectivity index (χ3n) is 4.21. The van der Waals surface area contributed by atoms with Crippen molar-refractivity contribution in [2.45, 2.75) is 46.2 Å². The van der Waals surface area contributed by atoms with Gasteiger partial charge in [0.15, 0.2) is 0 Å². The number of nitrogens with one attached hydrogen (secondary N) is 1. The Kier molecular flexibility index (Phi) is 9.52. The Morgan fingerprint density at radius 2 is 1.41 bits per heavy atom. The monoisotopic (exact) mass is 315 g/mol. The number of nitrogens with zero attached hydrogens (tertiary/aromatic N) is 2. The average molecular weight is 316 g/mol. The molecule has 1 N–H and O–H groups in total. The summed E-state index contributed by atoms with van der Waals surface area (Å²) in [5.74, 6) is 0. The van der Waals surface area contributed by atoms with E-state index >= 15 is 0 Å². The summed E-state index contributed by atoms with van der Waals surface area (Å²) < 4.78 is 11.5. The van der Waals surface area contributed by atoms with Crippen molar-refractivity contribution >= 4 is 0 Å². The Bertz CT molecular complexity index is 280. The summed E-state index contributed by atoms with van der Waals surface area (Å²) in [5, 5.41) is 3.35. The highest BCUT2D eigenvalue weighted by Gasteiger charge is 2.22. The molecule has 0 atom stereocenters. The van der Waals surface area contributed by atoms with Crippen LogP contribution in [0.15, 0.2) is 0 Å². The van der Waals surface area contributed by atoms with Gasteiger partial charge in [-0.15, -0.1) is 0 Å². The lowest BCUT2D eigenvalue weighted by atomic mass is 10.1. The molecular formula is C17H37N3O2. The molecule has 0 saturated carbocycles. The molecule has 0 aromatic rings. The largest absolute Gasteiger partial charge is 0.379 e. The first-order valence-electron chi connectivity index (χ1n) is 8.76. The van der Waals surface area contributed by atoms with E-state index in [-0.39, 0.29) is 5.54 Å². The molecule has 0 aliphatic carbocycles. The van der Waals surface area contributed by atoms with Gasteiger partial charge in [-0.3, -0.25) is 9.80 Å². The van der Waals surface area contributed by atoms with Crippen LogP contribution in [0.2, 0.25) is 0 Å². The highest BCUT2D eigenvalue weighted by molar-refractivity contribution is 4.78. The maximum absolute atomic E-state index is 5.75. The zero-order valence-corrected chi connectivity index (χ0v) is 15.4. The summed E-state index contributed by atoms with van der Waals surface area (Å²) >= 11 is 0. The van der Waals surface area contributed by atoms with Crippen molar-refractivity contribution in [1.82, 2.24) is 15.1 Å². The molecule has 5 heteroatoms. The second-order valence-electron chi connectivity index (χ2n) is 7.26. The molecule has 1 aliphatic heterocycles. The number of hydrogen-bond acceptors (Lipinski definition) is 5. The van der Waals surface area contributed by atoms with E-state index in [0.717, 1.165) is 65.7 Å². The smallest absolute Gasteiger partial charge is 0.0594 e. The first-order valence-corrected chi connectivity index (χ1v) is 8.76. The van der Waals surface area contributed by atoms with E-state index < -0.39 is 0 Å². The first kappa shape index (κ1) is 19.8. The Hall–Kier alpha value is -0.200. The SMILES string of the molecule is CC(C)N1CCOCCNCCOCCN(C(C)(C)C)CC1. The van der Waals surface area contributed by atoms with Gasteiger partial charge in [0.1, 0.15) is 0 Å². The zero-order chi connectivity index (χ0) is 16.4. The lowest BCUT2D eigenvalue weighted by Crippen LogP contribution is -2.48. The van der Waals surface area contributed by atoms with Crippen molar-refractivity contribution in [3.05, 3.63) is 0 Å². The molecule has 132 valence electrons. The normalized spacial score (nSPS) is 23.2. The quantitative estimate of drug-likeness (QED) is 0.792. The van der Waals surface area contributed by atoms with Crippen molar-refractivity contribution < 1.29 is 9.47 Å². The number of hydrogen-bond donors (Lipinski definition) is 1. The van der Waals surface area contributed by atoms with Crippen LogP contribution in [0.5, 0.6) is 0 Å². The molecule has 0 bridgehead atoms. The molecule has 0 spiro atoms. The molecule has 1 heterocycles. The third kappa shape index (κ3) is 8.44. The van der Waals surface area contributed by atoms with Crippen molar-refractivity contribution in [2.75, 3.05) is 65.7 Å². The minimum atomic E-state index is 0.175. The molecule has 0 radical (unpaired) electrons. The zero-order valence-electron chi connectivity index (χ0n) is 15.4. The van der Waals surface area contributed by atoms with E-state index in [4.69, 9.17) is 9.47 Å². The van der Waals surface area contributed by atoms with E-state index in [9.17, 15) is 0 Å². The van der Waals surface area contributed by atoms with Gasteiger partial charge < -0.3 is 14.8 Å². The lowest BCUT2D eigenvalue weighted by Gasteiger charge is -2.38. The van der Waals surface area contributed by atoms with Crippen LogP contribution in [0.25, 0.3) is 0 Å². The maximum atomic E-state index is 5.75. The van der Waals surface area contributed by atoms with E-state index in [0.29, 0.717) is 6.04 Å². The predicted octanol–water partition coefficient (Wildman–Crippen LogP) is 1.43. The summed E-state index contributed by atoms with van der Waals surface area (Å²) in [5.41, 5.74) is 0.175. The molecule has 0 aromatic carbocycles. The van der Waals surface area contributed by atoms with Gasteiger partial charge in [-0.25, -0.2) is 0 Å². The van der Waals surface area contributed by atoms with Crippen molar-refractivity contribution in [2.24, 2.45) is 0 Å². The predicted molar refractivity (Wildman–Crippen MR) is 92.5 cm³/mol. The van der Waals surface area contributed by atoms with Crippen LogP contribution in [-0.2, 0) is 9.47 Å². The Balaban J connectivity index is 2.58. The van der Waals surface area contributed by atoms with Crippen LogP contribution < -0.4 is 5.32 Å². The standard InChI is InChI=1S/C17H37N3O2/c1-16(2)19-8-9-20(17(3,4)5)11-15-22-13-7-18-6-12-21-14-10-19/h16,18H,6-15H2,1-5H3. The topological polar surface area (TPSA) is 37.0 Å². The summed E-state index contributed by atoms with van der Waals surface area (Å²) in [7, 11) is 0. The molecule has 1 fully saturated rings. The highest BCUT2D eigenvalue weighted by atomic mass is 16.5. The second kappa shape index (κ2) is 10.6. The Morgan fingerprint density at radius 1 is 0.818 bits per heavy atom. The second-order valence-corrected chi connectivity index (χ2v) is 7.26. The summed E-state index contributed by atoms with van der Waals surface area (Å²) in [6, 6.07) is 0.551. The molecule has 0 aromatic heterocycles. The minimum Gasteiger partial charge on any atom is -0.379 e. The molecule has 0 amide bonds. The van der Waals surface area contributed by atoms with Gasteiger partial charge in [-0.2, -0.15) is 0 Å². The summed E-state index contributed by atoms with van der Waals surface area (Å²) in [4.78, 5) is 5.03. The van der Waals surface area contributed by atoms with E-state index in [1.165, 1.54) is 0 Å². The lowest BCUT2D eigenvalue weighted by molar-refractivity contribution is 0.0515. The van der Waals surface area contributed by atoms with Crippen LogP contribution >= 0.6 is 0 Å². The molecule has 0 unspecified atom stereocenters. The van der Waals surface area contributed by atoms with E-state index in [1.807, 2.05) is 0 Å². The minimum absolute atomic E-state index is 0.175. The fraction of sp³-hybridized carbons (Fsp3) is 1.00. The average Bonchev–Trinajstić information content (AvgIpc) is 2.43. The maximum Gasteiger partial charge on any atom is 0.0594 e. The molecular weight excluding hydrogens is 278 g/mol. The van der Waals surface area contributed by atoms with Crippen LogP contribution in [-0.4, -0.2) is 87.1 Å². The van der Waals surface area contributed by atoms with Gasteiger partial charge in [0.2, 0.25) is 0 Å². The highest BCUT2D eigenvalue weighted by Crippen LogP contribution is 2.13.